The molecule has 1 saturated heterocycles. The van der Waals surface area contributed by atoms with Crippen molar-refractivity contribution in [2.75, 3.05) is 45.3 Å². The normalized spacial score (nSPS) is 25.8. The van der Waals surface area contributed by atoms with Gasteiger partial charge in [-0.1, -0.05) is 47.8 Å². The minimum absolute atomic E-state index is 0.0218. The molecule has 2 aromatic carbocycles. The van der Waals surface area contributed by atoms with Crippen LogP contribution in [0, 0.1) is 17.1 Å². The van der Waals surface area contributed by atoms with Crippen LogP contribution in [-0.2, 0) is 24.6 Å². The number of rotatable bonds is 10. The van der Waals surface area contributed by atoms with Crippen molar-refractivity contribution in [1.82, 2.24) is 15.5 Å². The van der Waals surface area contributed by atoms with E-state index in [1.165, 1.54) is 12.1 Å². The Morgan fingerprint density at radius 3 is 2.73 bits per heavy atom. The summed E-state index contributed by atoms with van der Waals surface area (Å²) in [7, 11) is 1.60. The topological polar surface area (TPSA) is 116 Å². The molecule has 3 atom stereocenters. The summed E-state index contributed by atoms with van der Waals surface area (Å²) in [6.45, 7) is 2.20. The van der Waals surface area contributed by atoms with Crippen molar-refractivity contribution >= 4 is 46.4 Å². The average molecular weight is 693 g/mol. The molecule has 2 aromatic rings. The molecule has 12 heteroatoms. The molecule has 1 saturated carbocycles. The number of ether oxygens (including phenoxy) is 2. The van der Waals surface area contributed by atoms with Crippen LogP contribution in [0.25, 0.3) is 0 Å². The summed E-state index contributed by atoms with van der Waals surface area (Å²) in [5.74, 6) is -1.47. The van der Waals surface area contributed by atoms with Gasteiger partial charge in [-0.05, 0) is 66.8 Å². The van der Waals surface area contributed by atoms with Crippen LogP contribution < -0.4 is 16.0 Å². The number of amides is 2. The summed E-state index contributed by atoms with van der Waals surface area (Å²) in [5, 5.41) is 18.8. The number of likely N-dealkylation sites (tertiary alicyclic amines) is 1. The lowest BCUT2D eigenvalue weighted by Gasteiger charge is -2.42. The molecule has 0 aromatic heterocycles. The number of hydrogen-bond donors (Lipinski definition) is 4. The predicted molar refractivity (Wildman–Crippen MR) is 183 cm³/mol. The summed E-state index contributed by atoms with van der Waals surface area (Å²) in [6.07, 6.45) is 10.1. The van der Waals surface area contributed by atoms with Gasteiger partial charge in [-0.15, -0.1) is 0 Å². The third-order valence-corrected chi connectivity index (χ3v) is 10.5. The van der Waals surface area contributed by atoms with Gasteiger partial charge in [0.05, 0.1) is 36.6 Å². The zero-order valence-electron chi connectivity index (χ0n) is 26.4. The van der Waals surface area contributed by atoms with Gasteiger partial charge in [0.25, 0.3) is 11.8 Å². The largest absolute Gasteiger partial charge is 0.382 e. The van der Waals surface area contributed by atoms with Crippen LogP contribution >= 0.6 is 23.2 Å². The Kier molecular flexibility index (Phi) is 8.93. The summed E-state index contributed by atoms with van der Waals surface area (Å²) in [4.78, 5) is 29.4. The number of carbonyl (C=O) groups is 2. The van der Waals surface area contributed by atoms with E-state index in [-0.39, 0.29) is 22.5 Å². The number of methoxy groups -OCH3 is 1. The molecule has 1 spiro atoms. The van der Waals surface area contributed by atoms with Crippen molar-refractivity contribution in [3.63, 3.8) is 0 Å². The van der Waals surface area contributed by atoms with Gasteiger partial charge in [0.15, 0.2) is 5.54 Å². The highest BCUT2D eigenvalue weighted by molar-refractivity contribution is 6.31. The van der Waals surface area contributed by atoms with Crippen LogP contribution in [0.2, 0.25) is 10.0 Å². The van der Waals surface area contributed by atoms with Gasteiger partial charge in [0, 0.05) is 64.9 Å². The SMILES string of the molecule is COCCOCCNC(=O)C1=CC(=N)/C(=C2/C=C3[C@@H](N2)[C@H](c2cccc(Cl)c2F)[C@]2(C(=O)Nc4cc(Cl)ccc42)N3CC2CCC2)C=C1. The number of hydrogen-bond acceptors (Lipinski definition) is 7. The lowest BCUT2D eigenvalue weighted by Crippen LogP contribution is -2.52. The maximum absolute atomic E-state index is 16.1. The number of nitrogens with one attached hydrogen (secondary N) is 4. The number of carbonyl (C=O) groups excluding carboxylic acids is 2. The van der Waals surface area contributed by atoms with E-state index in [0.717, 1.165) is 30.5 Å². The molecule has 0 unspecified atom stereocenters. The average Bonchev–Trinajstić information content (AvgIpc) is 3.67. The van der Waals surface area contributed by atoms with E-state index in [2.05, 4.69) is 20.9 Å². The second kappa shape index (κ2) is 13.2. The zero-order valence-corrected chi connectivity index (χ0v) is 27.9. The molecule has 4 N–H and O–H groups in total. The van der Waals surface area contributed by atoms with Crippen LogP contribution in [0.3, 0.4) is 0 Å². The Bertz CT molecular complexity index is 1820. The Morgan fingerprint density at radius 1 is 1.15 bits per heavy atom. The molecular weight excluding hydrogens is 656 g/mol. The minimum Gasteiger partial charge on any atom is -0.382 e. The zero-order chi connectivity index (χ0) is 33.6. The first-order chi connectivity index (χ1) is 23.2. The van der Waals surface area contributed by atoms with Crippen molar-refractivity contribution in [3.05, 3.63) is 110 Å². The van der Waals surface area contributed by atoms with Gasteiger partial charge < -0.3 is 35.7 Å². The minimum atomic E-state index is -1.27. The standard InChI is InChI=1S/C36H36Cl2FN5O4/c1-47-14-15-48-13-12-41-34(45)21-8-10-23(27(40)16-21)28-18-30-33(42-28)31(24-6-3-7-26(38)32(24)39)36(44(30)19-20-4-2-5-20)25-11-9-22(37)17-29(25)43-35(36)46/h3,6-11,16-18,20,31,33,40,42H,2,4-5,12-15,19H2,1H3,(H,41,45)(H,43,46)/b28-23-,40-27?/t31-,33+,36+/m0/s1. The molecular formula is C36H36Cl2FN5O4. The molecule has 0 bridgehead atoms. The highest BCUT2D eigenvalue weighted by Crippen LogP contribution is 2.61. The van der Waals surface area contributed by atoms with Crippen molar-refractivity contribution < 1.29 is 23.5 Å². The van der Waals surface area contributed by atoms with Crippen molar-refractivity contribution in [2.45, 2.75) is 36.8 Å². The Morgan fingerprint density at radius 2 is 1.98 bits per heavy atom. The molecule has 48 heavy (non-hydrogen) atoms. The fourth-order valence-corrected chi connectivity index (χ4v) is 7.86. The second-order valence-corrected chi connectivity index (χ2v) is 13.5. The third kappa shape index (κ3) is 5.44. The van der Waals surface area contributed by atoms with Crippen molar-refractivity contribution in [3.8, 4) is 0 Å². The number of halogens is 3. The summed E-state index contributed by atoms with van der Waals surface area (Å²) >= 11 is 12.7. The van der Waals surface area contributed by atoms with Crippen molar-refractivity contribution in [1.29, 1.82) is 5.41 Å². The Hall–Kier alpha value is -3.96. The Labute approximate surface area is 288 Å². The maximum atomic E-state index is 16.1. The summed E-state index contributed by atoms with van der Waals surface area (Å²) < 4.78 is 26.5. The van der Waals surface area contributed by atoms with E-state index >= 15 is 4.39 Å². The number of benzene rings is 2. The maximum Gasteiger partial charge on any atom is 0.255 e. The van der Waals surface area contributed by atoms with Gasteiger partial charge in [-0.25, -0.2) is 4.39 Å². The molecule has 3 aliphatic heterocycles. The molecule has 3 heterocycles. The smallest absolute Gasteiger partial charge is 0.255 e. The van der Waals surface area contributed by atoms with E-state index < -0.39 is 23.3 Å². The third-order valence-electron chi connectivity index (χ3n) is 9.95. The first-order valence-corrected chi connectivity index (χ1v) is 16.9. The number of anilines is 1. The molecule has 2 amide bonds. The van der Waals surface area contributed by atoms with Crippen LogP contribution in [0.1, 0.15) is 36.3 Å². The molecule has 7 rings (SSSR count). The van der Waals surface area contributed by atoms with E-state index in [0.29, 0.717) is 71.9 Å². The van der Waals surface area contributed by atoms with Crippen LogP contribution in [0.5, 0.6) is 0 Å². The van der Waals surface area contributed by atoms with Gasteiger partial charge in [0.2, 0.25) is 0 Å². The number of allylic oxidation sites excluding steroid dienone is 4. The van der Waals surface area contributed by atoms with Crippen LogP contribution in [0.15, 0.2) is 83.2 Å². The van der Waals surface area contributed by atoms with Gasteiger partial charge in [0.1, 0.15) is 5.82 Å². The highest BCUT2D eigenvalue weighted by atomic mass is 35.5. The molecule has 0 radical (unpaired) electrons. The van der Waals surface area contributed by atoms with Crippen molar-refractivity contribution in [2.24, 2.45) is 5.92 Å². The lowest BCUT2D eigenvalue weighted by molar-refractivity contribution is -0.127. The highest BCUT2D eigenvalue weighted by Gasteiger charge is 2.67. The number of nitrogens with zero attached hydrogens (tertiary/aromatic N) is 1. The second-order valence-electron chi connectivity index (χ2n) is 12.7. The summed E-state index contributed by atoms with van der Waals surface area (Å²) in [6, 6.07) is 9.77. The molecule has 250 valence electrons. The molecule has 9 nitrogen and oxygen atoms in total. The first-order valence-electron chi connectivity index (χ1n) is 16.1. The van der Waals surface area contributed by atoms with Crippen LogP contribution in [-0.4, -0.2) is 68.5 Å². The Balaban J connectivity index is 1.27. The fraction of sp³-hybridized carbons (Fsp3) is 0.361. The van der Waals surface area contributed by atoms with E-state index in [1.807, 2.05) is 12.1 Å². The van der Waals surface area contributed by atoms with Gasteiger partial charge in [-0.2, -0.15) is 0 Å². The molecule has 5 aliphatic rings. The fourth-order valence-electron chi connectivity index (χ4n) is 7.51. The van der Waals surface area contributed by atoms with E-state index in [4.69, 9.17) is 38.1 Å². The lowest BCUT2D eigenvalue weighted by atomic mass is 9.73. The monoisotopic (exact) mass is 691 g/mol. The number of fused-ring (bicyclic) bond motifs is 3. The quantitative estimate of drug-likeness (QED) is 0.242. The van der Waals surface area contributed by atoms with E-state index in [1.54, 1.807) is 43.5 Å². The van der Waals surface area contributed by atoms with Gasteiger partial charge >= 0.3 is 0 Å². The molecule has 2 aliphatic carbocycles. The predicted octanol–water partition coefficient (Wildman–Crippen LogP) is 5.58. The molecule has 2 fully saturated rings. The summed E-state index contributed by atoms with van der Waals surface area (Å²) in [5.41, 5.74) is 3.00. The van der Waals surface area contributed by atoms with Gasteiger partial charge in [-0.3, -0.25) is 9.59 Å². The first kappa shape index (κ1) is 32.6. The van der Waals surface area contributed by atoms with E-state index in [9.17, 15) is 9.59 Å². The van der Waals surface area contributed by atoms with Crippen LogP contribution in [0.4, 0.5) is 10.1 Å².